The van der Waals surface area contributed by atoms with Gasteiger partial charge in [0.25, 0.3) is 5.56 Å². The van der Waals surface area contributed by atoms with Crippen LogP contribution in [-0.2, 0) is 20.6 Å². The molecule has 9 heteroatoms. The van der Waals surface area contributed by atoms with E-state index in [1.165, 1.54) is 30.2 Å². The predicted octanol–water partition coefficient (Wildman–Crippen LogP) is 3.02. The van der Waals surface area contributed by atoms with Crippen LogP contribution in [0.15, 0.2) is 27.8 Å². The molecular weight excluding hydrogens is 397 g/mol. The Morgan fingerprint density at radius 1 is 1.17 bits per heavy atom. The number of fused-ring (bicyclic) bond motifs is 1. The Morgan fingerprint density at radius 3 is 2.59 bits per heavy atom. The van der Waals surface area contributed by atoms with E-state index in [0.717, 1.165) is 30.3 Å². The van der Waals surface area contributed by atoms with Crippen molar-refractivity contribution in [1.82, 2.24) is 18.7 Å². The third kappa shape index (κ3) is 3.46. The first-order valence-electron chi connectivity index (χ1n) is 9.74. The fourth-order valence-electron chi connectivity index (χ4n) is 3.98. The van der Waals surface area contributed by atoms with Crippen LogP contribution in [0, 0.1) is 5.82 Å². The van der Waals surface area contributed by atoms with Gasteiger partial charge in [0.1, 0.15) is 5.82 Å². The summed E-state index contributed by atoms with van der Waals surface area (Å²) in [6.45, 7) is 0.0322. The van der Waals surface area contributed by atoms with Crippen LogP contribution < -0.4 is 16.6 Å². The molecular formula is C20H23ClFN5O2. The van der Waals surface area contributed by atoms with E-state index in [2.05, 4.69) is 10.3 Å². The highest BCUT2D eigenvalue weighted by Gasteiger charge is 2.23. The van der Waals surface area contributed by atoms with Gasteiger partial charge in [-0.2, -0.15) is 4.98 Å². The normalized spacial score (nSPS) is 15.2. The monoisotopic (exact) mass is 419 g/mol. The fourth-order valence-corrected chi connectivity index (χ4v) is 4.20. The van der Waals surface area contributed by atoms with Crippen molar-refractivity contribution < 1.29 is 4.39 Å². The van der Waals surface area contributed by atoms with E-state index in [-0.39, 0.29) is 34.3 Å². The fraction of sp³-hybridized carbons (Fsp3) is 0.450. The van der Waals surface area contributed by atoms with E-state index in [0.29, 0.717) is 5.95 Å². The Kier molecular flexibility index (Phi) is 5.21. The molecule has 0 aliphatic heterocycles. The zero-order chi connectivity index (χ0) is 20.7. The molecule has 1 saturated carbocycles. The number of nitrogens with zero attached hydrogens (tertiary/aromatic N) is 4. The molecule has 1 aromatic carbocycles. The van der Waals surface area contributed by atoms with Gasteiger partial charge in [-0.05, 0) is 25.0 Å². The minimum atomic E-state index is -0.472. The van der Waals surface area contributed by atoms with Crippen LogP contribution in [0.25, 0.3) is 11.2 Å². The summed E-state index contributed by atoms with van der Waals surface area (Å²) in [5.74, 6) is -0.00544. The Bertz CT molecular complexity index is 1170. The molecule has 0 saturated heterocycles. The van der Waals surface area contributed by atoms with Crippen molar-refractivity contribution in [3.63, 3.8) is 0 Å². The minimum absolute atomic E-state index is 0.0322. The smallest absolute Gasteiger partial charge is 0.332 e. The Morgan fingerprint density at radius 2 is 1.90 bits per heavy atom. The van der Waals surface area contributed by atoms with Crippen molar-refractivity contribution >= 4 is 28.7 Å². The van der Waals surface area contributed by atoms with Crippen molar-refractivity contribution in [3.05, 3.63) is 55.4 Å². The molecule has 4 rings (SSSR count). The van der Waals surface area contributed by atoms with Crippen molar-refractivity contribution in [1.29, 1.82) is 0 Å². The third-order valence-corrected chi connectivity index (χ3v) is 6.02. The van der Waals surface area contributed by atoms with Crippen LogP contribution in [0.3, 0.4) is 0 Å². The summed E-state index contributed by atoms with van der Waals surface area (Å²) < 4.78 is 18.5. The number of imidazole rings is 1. The Balaban J connectivity index is 1.92. The van der Waals surface area contributed by atoms with Gasteiger partial charge in [-0.25, -0.2) is 9.18 Å². The molecule has 0 amide bonds. The van der Waals surface area contributed by atoms with Crippen molar-refractivity contribution in [2.45, 2.75) is 44.7 Å². The van der Waals surface area contributed by atoms with Gasteiger partial charge in [0.05, 0.1) is 6.54 Å². The largest absolute Gasteiger partial charge is 0.353 e. The molecule has 0 atom stereocenters. The summed E-state index contributed by atoms with van der Waals surface area (Å²) in [4.78, 5) is 29.8. The topological polar surface area (TPSA) is 73.8 Å². The average Bonchev–Trinajstić information content (AvgIpc) is 3.06. The van der Waals surface area contributed by atoms with Crippen molar-refractivity contribution in [3.8, 4) is 0 Å². The molecule has 154 valence electrons. The minimum Gasteiger partial charge on any atom is -0.353 e. The molecule has 0 radical (unpaired) electrons. The summed E-state index contributed by atoms with van der Waals surface area (Å²) in [7, 11) is 2.99. The lowest BCUT2D eigenvalue weighted by Crippen LogP contribution is -2.37. The highest BCUT2D eigenvalue weighted by molar-refractivity contribution is 6.31. The number of hydrogen-bond donors (Lipinski definition) is 1. The second-order valence-electron chi connectivity index (χ2n) is 7.58. The SMILES string of the molecule is Cn1c(=O)c2c(nc(NC3CCCCC3)n2Cc2c(F)cccc2Cl)n(C)c1=O. The molecule has 0 spiro atoms. The number of aryl methyl sites for hydroxylation is 1. The van der Waals surface area contributed by atoms with Gasteiger partial charge >= 0.3 is 5.69 Å². The molecule has 2 aromatic heterocycles. The van der Waals surface area contributed by atoms with Crippen molar-refractivity contribution in [2.24, 2.45) is 14.1 Å². The maximum atomic E-state index is 14.5. The summed E-state index contributed by atoms with van der Waals surface area (Å²) in [6, 6.07) is 4.71. The van der Waals surface area contributed by atoms with E-state index in [9.17, 15) is 14.0 Å². The predicted molar refractivity (Wildman–Crippen MR) is 111 cm³/mol. The summed E-state index contributed by atoms with van der Waals surface area (Å²) in [6.07, 6.45) is 5.45. The lowest BCUT2D eigenvalue weighted by atomic mass is 9.96. The van der Waals surface area contributed by atoms with Crippen LogP contribution in [-0.4, -0.2) is 24.7 Å². The number of halogens is 2. The molecule has 2 heterocycles. The number of anilines is 1. The zero-order valence-electron chi connectivity index (χ0n) is 16.4. The van der Waals surface area contributed by atoms with E-state index < -0.39 is 17.1 Å². The number of hydrogen-bond acceptors (Lipinski definition) is 4. The molecule has 1 aliphatic rings. The number of nitrogens with one attached hydrogen (secondary N) is 1. The first kappa shape index (κ1) is 19.7. The van der Waals surface area contributed by atoms with Gasteiger partial charge in [0.15, 0.2) is 11.2 Å². The number of aromatic nitrogens is 4. The van der Waals surface area contributed by atoms with Crippen LogP contribution in [0.4, 0.5) is 10.3 Å². The second kappa shape index (κ2) is 7.67. The van der Waals surface area contributed by atoms with Gasteiger partial charge in [-0.15, -0.1) is 0 Å². The highest BCUT2D eigenvalue weighted by atomic mass is 35.5. The standard InChI is InChI=1S/C20H23ClFN5O2/c1-25-17-16(18(28)26(2)20(25)29)27(11-13-14(21)9-6-10-15(13)22)19(24-17)23-12-7-4-3-5-8-12/h6,9-10,12H,3-5,7-8,11H2,1-2H3,(H,23,24). The van der Waals surface area contributed by atoms with Crippen molar-refractivity contribution in [2.75, 3.05) is 5.32 Å². The molecule has 29 heavy (non-hydrogen) atoms. The van der Waals surface area contributed by atoms with Gasteiger partial charge in [-0.1, -0.05) is 36.9 Å². The van der Waals surface area contributed by atoms with Crippen LogP contribution in [0.5, 0.6) is 0 Å². The molecule has 1 fully saturated rings. The maximum absolute atomic E-state index is 14.5. The summed E-state index contributed by atoms with van der Waals surface area (Å²) in [5.41, 5.74) is -0.146. The van der Waals surface area contributed by atoms with E-state index in [1.54, 1.807) is 17.7 Å². The third-order valence-electron chi connectivity index (χ3n) is 5.66. The number of rotatable bonds is 4. The Labute approximate surface area is 171 Å². The first-order valence-corrected chi connectivity index (χ1v) is 10.1. The quantitative estimate of drug-likeness (QED) is 0.705. The molecule has 7 nitrogen and oxygen atoms in total. The summed E-state index contributed by atoms with van der Waals surface area (Å²) in [5, 5.41) is 3.69. The maximum Gasteiger partial charge on any atom is 0.332 e. The molecule has 3 aromatic rings. The van der Waals surface area contributed by atoms with Gasteiger partial charge < -0.3 is 5.32 Å². The van der Waals surface area contributed by atoms with Crippen LogP contribution >= 0.6 is 11.6 Å². The van der Waals surface area contributed by atoms with Gasteiger partial charge in [0, 0.05) is 30.7 Å². The van der Waals surface area contributed by atoms with E-state index in [4.69, 9.17) is 11.6 Å². The van der Waals surface area contributed by atoms with E-state index in [1.807, 2.05) is 0 Å². The highest BCUT2D eigenvalue weighted by Crippen LogP contribution is 2.26. The molecule has 0 bridgehead atoms. The number of benzene rings is 1. The van der Waals surface area contributed by atoms with Crippen LogP contribution in [0.1, 0.15) is 37.7 Å². The van der Waals surface area contributed by atoms with Crippen LogP contribution in [0.2, 0.25) is 5.02 Å². The molecule has 0 unspecified atom stereocenters. The van der Waals surface area contributed by atoms with Gasteiger partial charge in [0.2, 0.25) is 5.95 Å². The van der Waals surface area contributed by atoms with Gasteiger partial charge in [-0.3, -0.25) is 18.5 Å². The lowest BCUT2D eigenvalue weighted by Gasteiger charge is -2.23. The first-order chi connectivity index (χ1) is 13.9. The lowest BCUT2D eigenvalue weighted by molar-refractivity contribution is 0.459. The zero-order valence-corrected chi connectivity index (χ0v) is 17.2. The average molecular weight is 420 g/mol. The molecule has 1 aliphatic carbocycles. The molecule has 1 N–H and O–H groups in total. The van der Waals surface area contributed by atoms with E-state index >= 15 is 0 Å². The Hall–Kier alpha value is -2.61. The summed E-state index contributed by atoms with van der Waals surface area (Å²) >= 11 is 6.24. The second-order valence-corrected chi connectivity index (χ2v) is 7.99.